The standard InChI is InChI=1S/C8H15BrOS/c1-4-11-7(10)8(2,3)5-6-9/h4-6H2,1-3H3. The van der Waals surface area contributed by atoms with Gasteiger partial charge in [-0.05, 0) is 12.2 Å². The van der Waals surface area contributed by atoms with Crippen molar-refractivity contribution in [2.45, 2.75) is 27.2 Å². The second kappa shape index (κ2) is 5.20. The molecule has 0 aliphatic carbocycles. The number of thioether (sulfide) groups is 1. The van der Waals surface area contributed by atoms with Crippen LogP contribution in [0.5, 0.6) is 0 Å². The van der Waals surface area contributed by atoms with E-state index in [0.717, 1.165) is 17.5 Å². The van der Waals surface area contributed by atoms with Crippen molar-refractivity contribution < 1.29 is 4.79 Å². The smallest absolute Gasteiger partial charge is 0.194 e. The molecule has 0 spiro atoms. The summed E-state index contributed by atoms with van der Waals surface area (Å²) in [5.41, 5.74) is -0.163. The highest BCUT2D eigenvalue weighted by molar-refractivity contribution is 9.09. The lowest BCUT2D eigenvalue weighted by Gasteiger charge is -2.20. The van der Waals surface area contributed by atoms with Gasteiger partial charge in [-0.15, -0.1) is 0 Å². The van der Waals surface area contributed by atoms with Gasteiger partial charge < -0.3 is 0 Å². The van der Waals surface area contributed by atoms with E-state index in [2.05, 4.69) is 15.9 Å². The van der Waals surface area contributed by atoms with Crippen molar-refractivity contribution in [1.82, 2.24) is 0 Å². The Balaban J connectivity index is 3.94. The van der Waals surface area contributed by atoms with Gasteiger partial charge in [-0.3, -0.25) is 4.79 Å². The van der Waals surface area contributed by atoms with Crippen LogP contribution in [0.3, 0.4) is 0 Å². The van der Waals surface area contributed by atoms with Gasteiger partial charge in [0, 0.05) is 10.7 Å². The van der Waals surface area contributed by atoms with Crippen LogP contribution in [-0.2, 0) is 4.79 Å². The fourth-order valence-corrected chi connectivity index (χ4v) is 2.41. The van der Waals surface area contributed by atoms with E-state index >= 15 is 0 Å². The minimum absolute atomic E-state index is 0.163. The first-order chi connectivity index (χ1) is 5.04. The van der Waals surface area contributed by atoms with Crippen molar-refractivity contribution in [3.05, 3.63) is 0 Å². The first-order valence-electron chi connectivity index (χ1n) is 3.77. The van der Waals surface area contributed by atoms with Crippen LogP contribution in [0.2, 0.25) is 0 Å². The Morgan fingerprint density at radius 1 is 1.55 bits per heavy atom. The fraction of sp³-hybridized carbons (Fsp3) is 0.875. The van der Waals surface area contributed by atoms with Gasteiger partial charge in [-0.25, -0.2) is 0 Å². The van der Waals surface area contributed by atoms with E-state index in [4.69, 9.17) is 0 Å². The molecule has 0 aromatic rings. The Kier molecular flexibility index (Phi) is 5.44. The predicted molar refractivity (Wildman–Crippen MR) is 55.3 cm³/mol. The maximum atomic E-state index is 11.4. The zero-order valence-corrected chi connectivity index (χ0v) is 9.72. The Morgan fingerprint density at radius 2 is 2.09 bits per heavy atom. The normalized spacial score (nSPS) is 11.6. The van der Waals surface area contributed by atoms with Gasteiger partial charge in [-0.1, -0.05) is 48.5 Å². The lowest BCUT2D eigenvalue weighted by molar-refractivity contribution is -0.118. The van der Waals surface area contributed by atoms with Crippen molar-refractivity contribution >= 4 is 32.8 Å². The largest absolute Gasteiger partial charge is 0.287 e. The lowest BCUT2D eigenvalue weighted by atomic mass is 9.92. The van der Waals surface area contributed by atoms with Crippen LogP contribution < -0.4 is 0 Å². The average molecular weight is 239 g/mol. The first-order valence-corrected chi connectivity index (χ1v) is 5.88. The summed E-state index contributed by atoms with van der Waals surface area (Å²) in [5.74, 6) is 0.880. The Bertz CT molecular complexity index is 134. The summed E-state index contributed by atoms with van der Waals surface area (Å²) in [7, 11) is 0. The molecule has 0 fully saturated rings. The summed E-state index contributed by atoms with van der Waals surface area (Å²) < 4.78 is 0. The summed E-state index contributed by atoms with van der Waals surface area (Å²) in [4.78, 5) is 11.4. The minimum Gasteiger partial charge on any atom is -0.287 e. The lowest BCUT2D eigenvalue weighted by Crippen LogP contribution is -2.21. The van der Waals surface area contributed by atoms with E-state index in [1.165, 1.54) is 11.8 Å². The second-order valence-corrected chi connectivity index (χ2v) is 5.07. The van der Waals surface area contributed by atoms with E-state index in [9.17, 15) is 4.79 Å². The third kappa shape index (κ3) is 4.16. The van der Waals surface area contributed by atoms with E-state index in [1.807, 2.05) is 20.8 Å². The van der Waals surface area contributed by atoms with Crippen molar-refractivity contribution in [2.24, 2.45) is 5.41 Å². The van der Waals surface area contributed by atoms with Gasteiger partial charge in [0.15, 0.2) is 5.12 Å². The van der Waals surface area contributed by atoms with E-state index in [-0.39, 0.29) is 5.41 Å². The number of halogens is 1. The molecule has 0 unspecified atom stereocenters. The number of rotatable bonds is 4. The molecule has 0 atom stereocenters. The molecule has 0 N–H and O–H groups in total. The third-order valence-electron chi connectivity index (χ3n) is 1.55. The quantitative estimate of drug-likeness (QED) is 0.701. The molecule has 66 valence electrons. The summed E-state index contributed by atoms with van der Waals surface area (Å²) in [6.45, 7) is 6.01. The van der Waals surface area contributed by atoms with Crippen LogP contribution in [0.15, 0.2) is 0 Å². The molecule has 0 heterocycles. The summed E-state index contributed by atoms with van der Waals surface area (Å²) in [6.07, 6.45) is 0.916. The summed E-state index contributed by atoms with van der Waals surface area (Å²) in [6, 6.07) is 0. The van der Waals surface area contributed by atoms with Crippen LogP contribution in [0.25, 0.3) is 0 Å². The molecule has 3 heteroatoms. The van der Waals surface area contributed by atoms with Crippen LogP contribution in [0, 0.1) is 5.41 Å². The summed E-state index contributed by atoms with van der Waals surface area (Å²) in [5, 5.41) is 1.20. The van der Waals surface area contributed by atoms with Gasteiger partial charge in [0.1, 0.15) is 0 Å². The van der Waals surface area contributed by atoms with E-state index in [0.29, 0.717) is 5.12 Å². The van der Waals surface area contributed by atoms with Crippen LogP contribution in [0.4, 0.5) is 0 Å². The maximum absolute atomic E-state index is 11.4. The van der Waals surface area contributed by atoms with Gasteiger partial charge in [0.25, 0.3) is 0 Å². The minimum atomic E-state index is -0.163. The van der Waals surface area contributed by atoms with Crippen LogP contribution in [-0.4, -0.2) is 16.2 Å². The average Bonchev–Trinajstić information content (AvgIpc) is 1.88. The van der Waals surface area contributed by atoms with Crippen LogP contribution >= 0.6 is 27.7 Å². The van der Waals surface area contributed by atoms with E-state index < -0.39 is 0 Å². The molecular weight excluding hydrogens is 224 g/mol. The topological polar surface area (TPSA) is 17.1 Å². The number of carbonyl (C=O) groups is 1. The second-order valence-electron chi connectivity index (χ2n) is 3.04. The van der Waals surface area contributed by atoms with Crippen molar-refractivity contribution in [3.8, 4) is 0 Å². The molecule has 0 aliphatic heterocycles. The number of hydrogen-bond donors (Lipinski definition) is 0. The fourth-order valence-electron chi connectivity index (χ4n) is 0.665. The maximum Gasteiger partial charge on any atom is 0.194 e. The van der Waals surface area contributed by atoms with Crippen molar-refractivity contribution in [1.29, 1.82) is 0 Å². The third-order valence-corrected chi connectivity index (χ3v) is 3.05. The van der Waals surface area contributed by atoms with Gasteiger partial charge >= 0.3 is 0 Å². The molecule has 0 saturated carbocycles. The number of alkyl halides is 1. The molecular formula is C8H15BrOS. The van der Waals surface area contributed by atoms with Crippen molar-refractivity contribution in [2.75, 3.05) is 11.1 Å². The van der Waals surface area contributed by atoms with Gasteiger partial charge in [-0.2, -0.15) is 0 Å². The SMILES string of the molecule is CCSC(=O)C(C)(C)CCBr. The number of hydrogen-bond acceptors (Lipinski definition) is 2. The molecule has 0 aliphatic rings. The molecule has 0 aromatic carbocycles. The van der Waals surface area contributed by atoms with Crippen molar-refractivity contribution in [3.63, 3.8) is 0 Å². The zero-order chi connectivity index (χ0) is 8.91. The molecule has 0 saturated heterocycles. The van der Waals surface area contributed by atoms with Gasteiger partial charge in [0.2, 0.25) is 0 Å². The molecule has 0 rings (SSSR count). The molecule has 0 radical (unpaired) electrons. The number of carbonyl (C=O) groups excluding carboxylic acids is 1. The highest BCUT2D eigenvalue weighted by atomic mass is 79.9. The van der Waals surface area contributed by atoms with E-state index in [1.54, 1.807) is 0 Å². The Morgan fingerprint density at radius 3 is 2.45 bits per heavy atom. The molecule has 11 heavy (non-hydrogen) atoms. The first kappa shape index (κ1) is 11.5. The molecule has 1 nitrogen and oxygen atoms in total. The highest BCUT2D eigenvalue weighted by Gasteiger charge is 2.25. The Labute approximate surface area is 81.4 Å². The molecule has 0 aromatic heterocycles. The molecule has 0 bridgehead atoms. The van der Waals surface area contributed by atoms with Gasteiger partial charge in [0.05, 0.1) is 0 Å². The molecule has 0 amide bonds. The monoisotopic (exact) mass is 238 g/mol. The van der Waals surface area contributed by atoms with Crippen LogP contribution in [0.1, 0.15) is 27.2 Å². The highest BCUT2D eigenvalue weighted by Crippen LogP contribution is 2.28. The zero-order valence-electron chi connectivity index (χ0n) is 7.32. The summed E-state index contributed by atoms with van der Waals surface area (Å²) >= 11 is 4.76. The predicted octanol–water partition coefficient (Wildman–Crippen LogP) is 3.08. The Hall–Kier alpha value is 0.500.